The maximum atomic E-state index is 4.92. The molecule has 0 saturated heterocycles. The van der Waals surface area contributed by atoms with Crippen LogP contribution < -0.4 is 0 Å². The van der Waals surface area contributed by atoms with Crippen LogP contribution in [0.2, 0.25) is 0 Å². The van der Waals surface area contributed by atoms with E-state index >= 15 is 0 Å². The molecule has 8 aromatic rings. The number of aromatic nitrogens is 5. The zero-order valence-electron chi connectivity index (χ0n) is 22.5. The van der Waals surface area contributed by atoms with Crippen molar-refractivity contribution in [2.75, 3.05) is 0 Å². The minimum absolute atomic E-state index is 0.636. The van der Waals surface area contributed by atoms with Gasteiger partial charge in [-0.3, -0.25) is 9.97 Å². The largest absolute Gasteiger partial charge is 0.252 e. The number of nitrogens with zero attached hydrogens (tertiary/aromatic N) is 5. The number of hydrogen-bond acceptors (Lipinski definition) is 5. The van der Waals surface area contributed by atoms with Crippen molar-refractivity contribution in [1.82, 2.24) is 24.9 Å². The molecule has 2 aromatic heterocycles. The molecule has 0 amide bonds. The fourth-order valence-corrected chi connectivity index (χ4v) is 5.59. The number of hydrogen-bond donors (Lipinski definition) is 0. The number of benzene rings is 6. The van der Waals surface area contributed by atoms with E-state index in [1.165, 1.54) is 0 Å². The van der Waals surface area contributed by atoms with Crippen LogP contribution in [-0.4, -0.2) is 24.9 Å². The average Bonchev–Trinajstić information content (AvgIpc) is 3.09. The van der Waals surface area contributed by atoms with Crippen molar-refractivity contribution in [2.24, 2.45) is 0 Å². The molecule has 42 heavy (non-hydrogen) atoms. The van der Waals surface area contributed by atoms with Crippen molar-refractivity contribution in [2.45, 2.75) is 0 Å². The predicted octanol–water partition coefficient (Wildman–Crippen LogP) is 8.79. The minimum Gasteiger partial charge on any atom is -0.252 e. The summed E-state index contributed by atoms with van der Waals surface area (Å²) in [6.07, 6.45) is 3.52. The smallest absolute Gasteiger partial charge is 0.164 e. The third kappa shape index (κ3) is 4.16. The standard InChI is InChI=1S/C37H23N5/c1-3-10-24(11-4-1)35-40-36(25-12-5-2-6-13-25)42-37(41-35)28-15-9-14-26(22-28)27-18-19-31-32(23-27)29-16-7-8-17-30(29)33-34(31)39-21-20-38-33/h1-23H. The van der Waals surface area contributed by atoms with Gasteiger partial charge in [-0.1, -0.05) is 115 Å². The first-order valence-electron chi connectivity index (χ1n) is 13.8. The summed E-state index contributed by atoms with van der Waals surface area (Å²) in [5.41, 5.74) is 6.86. The van der Waals surface area contributed by atoms with Gasteiger partial charge < -0.3 is 0 Å². The zero-order valence-corrected chi connectivity index (χ0v) is 22.5. The van der Waals surface area contributed by atoms with Gasteiger partial charge >= 0.3 is 0 Å². The van der Waals surface area contributed by atoms with Crippen molar-refractivity contribution in [1.29, 1.82) is 0 Å². The summed E-state index contributed by atoms with van der Waals surface area (Å²) in [7, 11) is 0. The lowest BCUT2D eigenvalue weighted by molar-refractivity contribution is 1.07. The van der Waals surface area contributed by atoms with Crippen LogP contribution in [0.5, 0.6) is 0 Å². The fourth-order valence-electron chi connectivity index (χ4n) is 5.59. The molecule has 0 saturated carbocycles. The molecular formula is C37H23N5. The van der Waals surface area contributed by atoms with Crippen LogP contribution in [0.4, 0.5) is 0 Å². The minimum atomic E-state index is 0.636. The molecule has 0 atom stereocenters. The van der Waals surface area contributed by atoms with E-state index in [1.807, 2.05) is 60.7 Å². The van der Waals surface area contributed by atoms with E-state index in [-0.39, 0.29) is 0 Å². The van der Waals surface area contributed by atoms with E-state index in [1.54, 1.807) is 12.4 Å². The van der Waals surface area contributed by atoms with Gasteiger partial charge in [-0.2, -0.15) is 0 Å². The summed E-state index contributed by atoms with van der Waals surface area (Å²) >= 11 is 0. The Bertz CT molecular complexity index is 2150. The number of fused-ring (bicyclic) bond motifs is 6. The van der Waals surface area contributed by atoms with E-state index in [2.05, 4.69) is 71.7 Å². The Morgan fingerprint density at radius 2 is 0.786 bits per heavy atom. The van der Waals surface area contributed by atoms with Gasteiger partial charge in [0, 0.05) is 39.9 Å². The summed E-state index contributed by atoms with van der Waals surface area (Å²) in [6.45, 7) is 0. The van der Waals surface area contributed by atoms with Gasteiger partial charge in [-0.15, -0.1) is 0 Å². The van der Waals surface area contributed by atoms with Gasteiger partial charge in [0.15, 0.2) is 17.5 Å². The van der Waals surface area contributed by atoms with Crippen LogP contribution in [-0.2, 0) is 0 Å². The van der Waals surface area contributed by atoms with Gasteiger partial charge in [0.25, 0.3) is 0 Å². The summed E-state index contributed by atoms with van der Waals surface area (Å²) in [4.78, 5) is 24.0. The van der Waals surface area contributed by atoms with Gasteiger partial charge in [0.2, 0.25) is 0 Å². The van der Waals surface area contributed by atoms with Crippen molar-refractivity contribution >= 4 is 32.6 Å². The fraction of sp³-hybridized carbons (Fsp3) is 0. The zero-order chi connectivity index (χ0) is 27.9. The Labute approximate surface area is 242 Å². The third-order valence-corrected chi connectivity index (χ3v) is 7.60. The molecule has 196 valence electrons. The topological polar surface area (TPSA) is 64.5 Å². The second-order valence-electron chi connectivity index (χ2n) is 10.2. The third-order valence-electron chi connectivity index (χ3n) is 7.60. The second kappa shape index (κ2) is 9.98. The Morgan fingerprint density at radius 3 is 1.43 bits per heavy atom. The molecule has 6 aromatic carbocycles. The molecule has 0 spiro atoms. The van der Waals surface area contributed by atoms with Crippen LogP contribution in [0.15, 0.2) is 140 Å². The maximum absolute atomic E-state index is 4.92. The molecule has 5 nitrogen and oxygen atoms in total. The molecule has 0 radical (unpaired) electrons. The lowest BCUT2D eigenvalue weighted by Crippen LogP contribution is -2.00. The second-order valence-corrected chi connectivity index (χ2v) is 10.2. The molecule has 0 aliphatic rings. The molecular weight excluding hydrogens is 514 g/mol. The lowest BCUT2D eigenvalue weighted by Gasteiger charge is -2.12. The molecule has 0 unspecified atom stereocenters. The molecule has 0 aliphatic carbocycles. The van der Waals surface area contributed by atoms with Gasteiger partial charge in [0.05, 0.1) is 11.0 Å². The Hall–Kier alpha value is -5.81. The van der Waals surface area contributed by atoms with E-state index < -0.39 is 0 Å². The van der Waals surface area contributed by atoms with E-state index in [0.29, 0.717) is 17.5 Å². The Morgan fingerprint density at radius 1 is 0.310 bits per heavy atom. The highest BCUT2D eigenvalue weighted by atomic mass is 15.0. The molecule has 5 heteroatoms. The normalized spacial score (nSPS) is 11.3. The van der Waals surface area contributed by atoms with Crippen LogP contribution in [0.1, 0.15) is 0 Å². The van der Waals surface area contributed by atoms with E-state index in [4.69, 9.17) is 19.9 Å². The van der Waals surface area contributed by atoms with Crippen LogP contribution in [0.3, 0.4) is 0 Å². The Balaban J connectivity index is 1.29. The van der Waals surface area contributed by atoms with Crippen LogP contribution >= 0.6 is 0 Å². The first-order valence-corrected chi connectivity index (χ1v) is 13.8. The highest BCUT2D eigenvalue weighted by Gasteiger charge is 2.14. The summed E-state index contributed by atoms with van der Waals surface area (Å²) in [5, 5.41) is 4.51. The molecule has 2 heterocycles. The summed E-state index contributed by atoms with van der Waals surface area (Å²) in [5.74, 6) is 1.93. The van der Waals surface area contributed by atoms with E-state index in [0.717, 1.165) is 60.4 Å². The molecule has 0 fully saturated rings. The van der Waals surface area contributed by atoms with Gasteiger partial charge in [0.1, 0.15) is 0 Å². The lowest BCUT2D eigenvalue weighted by atomic mass is 9.95. The SMILES string of the molecule is c1ccc(-c2nc(-c3ccccc3)nc(-c3cccc(-c4ccc5c(c4)c4ccccc4c4nccnc54)c3)n2)cc1. The average molecular weight is 538 g/mol. The first kappa shape index (κ1) is 24.0. The maximum Gasteiger partial charge on any atom is 0.164 e. The van der Waals surface area contributed by atoms with Crippen molar-refractivity contribution in [3.05, 3.63) is 140 Å². The first-order chi connectivity index (χ1) is 20.8. The summed E-state index contributed by atoms with van der Waals surface area (Å²) in [6, 6.07) is 43.5. The van der Waals surface area contributed by atoms with Gasteiger partial charge in [-0.25, -0.2) is 15.0 Å². The molecule has 0 bridgehead atoms. The Kier molecular flexibility index (Phi) is 5.71. The molecule has 0 aliphatic heterocycles. The van der Waals surface area contributed by atoms with Gasteiger partial charge in [-0.05, 0) is 34.0 Å². The summed E-state index contributed by atoms with van der Waals surface area (Å²) < 4.78 is 0. The van der Waals surface area contributed by atoms with Crippen molar-refractivity contribution in [3.8, 4) is 45.3 Å². The van der Waals surface area contributed by atoms with Crippen molar-refractivity contribution < 1.29 is 0 Å². The van der Waals surface area contributed by atoms with Crippen LogP contribution in [0, 0.1) is 0 Å². The number of rotatable bonds is 4. The quantitative estimate of drug-likeness (QED) is 0.210. The highest BCUT2D eigenvalue weighted by molar-refractivity contribution is 6.23. The van der Waals surface area contributed by atoms with Crippen LogP contribution in [0.25, 0.3) is 77.9 Å². The van der Waals surface area contributed by atoms with E-state index in [9.17, 15) is 0 Å². The monoisotopic (exact) mass is 537 g/mol. The van der Waals surface area contributed by atoms with Crippen molar-refractivity contribution in [3.63, 3.8) is 0 Å². The highest BCUT2D eigenvalue weighted by Crippen LogP contribution is 2.36. The predicted molar refractivity (Wildman–Crippen MR) is 170 cm³/mol. The molecule has 0 N–H and O–H groups in total. The molecule has 8 rings (SSSR count).